The third kappa shape index (κ3) is 3.35. The van der Waals surface area contributed by atoms with Gasteiger partial charge >= 0.3 is 11.7 Å². The molecular formula is C13H15N5O3. The molecule has 0 aliphatic carbocycles. The second-order valence-corrected chi connectivity index (χ2v) is 4.42. The molecule has 110 valence electrons. The van der Waals surface area contributed by atoms with E-state index in [1.807, 2.05) is 0 Å². The van der Waals surface area contributed by atoms with E-state index in [1.54, 1.807) is 31.6 Å². The van der Waals surface area contributed by atoms with Crippen molar-refractivity contribution in [2.24, 2.45) is 14.1 Å². The fourth-order valence-electron chi connectivity index (χ4n) is 1.73. The molecule has 2 heterocycles. The van der Waals surface area contributed by atoms with Crippen molar-refractivity contribution in [3.05, 3.63) is 57.1 Å². The number of hydrogen-bond donors (Lipinski definition) is 2. The first-order valence-electron chi connectivity index (χ1n) is 6.20. The molecule has 8 heteroatoms. The molecule has 2 aromatic heterocycles. The quantitative estimate of drug-likeness (QED) is 0.817. The van der Waals surface area contributed by atoms with Gasteiger partial charge in [0, 0.05) is 43.9 Å². The van der Waals surface area contributed by atoms with Crippen molar-refractivity contribution in [1.82, 2.24) is 19.4 Å². The van der Waals surface area contributed by atoms with Crippen molar-refractivity contribution in [2.75, 3.05) is 5.32 Å². The Morgan fingerprint density at radius 1 is 1.19 bits per heavy atom. The number of hydrogen-bond acceptors (Lipinski definition) is 4. The van der Waals surface area contributed by atoms with Gasteiger partial charge in [0.05, 0.1) is 6.54 Å². The minimum Gasteiger partial charge on any atom is -0.332 e. The number of pyridine rings is 1. The average Bonchev–Trinajstić information content (AvgIpc) is 2.48. The van der Waals surface area contributed by atoms with Crippen LogP contribution in [0.3, 0.4) is 0 Å². The molecule has 0 saturated carbocycles. The highest BCUT2D eigenvalue weighted by atomic mass is 16.2. The molecule has 2 rings (SSSR count). The summed E-state index contributed by atoms with van der Waals surface area (Å²) in [6.45, 7) is 0.0682. The Labute approximate surface area is 120 Å². The Balaban J connectivity index is 2.05. The van der Waals surface area contributed by atoms with Crippen LogP contribution in [0.1, 0.15) is 5.69 Å². The standard InChI is InChI=1S/C13H15N5O3/c1-17-10(7-11(19)18(2)13(17)21)8-15-12(20)16-9-3-5-14-6-4-9/h3-7H,8H2,1-2H3,(H2,14,15,16,20). The Bertz CT molecular complexity index is 764. The fourth-order valence-corrected chi connectivity index (χ4v) is 1.73. The second kappa shape index (κ2) is 6.04. The number of aromatic nitrogens is 3. The zero-order valence-corrected chi connectivity index (χ0v) is 11.7. The Kier molecular flexibility index (Phi) is 4.17. The fraction of sp³-hybridized carbons (Fsp3) is 0.231. The van der Waals surface area contributed by atoms with Crippen LogP contribution in [0.5, 0.6) is 0 Å². The van der Waals surface area contributed by atoms with Crippen molar-refractivity contribution in [1.29, 1.82) is 0 Å². The molecule has 0 unspecified atom stereocenters. The van der Waals surface area contributed by atoms with E-state index in [9.17, 15) is 14.4 Å². The predicted octanol–water partition coefficient (Wildman–Crippen LogP) is -0.199. The molecule has 0 fully saturated rings. The van der Waals surface area contributed by atoms with Gasteiger partial charge in [0.15, 0.2) is 0 Å². The van der Waals surface area contributed by atoms with E-state index in [0.29, 0.717) is 11.4 Å². The zero-order chi connectivity index (χ0) is 15.4. The summed E-state index contributed by atoms with van der Waals surface area (Å²) in [4.78, 5) is 38.9. The van der Waals surface area contributed by atoms with Crippen molar-refractivity contribution < 1.29 is 4.79 Å². The molecule has 2 amide bonds. The Morgan fingerprint density at radius 2 is 1.86 bits per heavy atom. The van der Waals surface area contributed by atoms with Gasteiger partial charge in [0.25, 0.3) is 5.56 Å². The van der Waals surface area contributed by atoms with Crippen LogP contribution in [0.25, 0.3) is 0 Å². The molecule has 2 aromatic rings. The number of urea groups is 1. The smallest absolute Gasteiger partial charge is 0.330 e. The molecule has 0 aliphatic heterocycles. The van der Waals surface area contributed by atoms with Crippen LogP contribution in [0.15, 0.2) is 40.2 Å². The second-order valence-electron chi connectivity index (χ2n) is 4.42. The van der Waals surface area contributed by atoms with E-state index in [4.69, 9.17) is 0 Å². The van der Waals surface area contributed by atoms with Crippen molar-refractivity contribution in [2.45, 2.75) is 6.54 Å². The number of rotatable bonds is 3. The van der Waals surface area contributed by atoms with Crippen molar-refractivity contribution >= 4 is 11.7 Å². The van der Waals surface area contributed by atoms with E-state index in [0.717, 1.165) is 4.57 Å². The molecule has 8 nitrogen and oxygen atoms in total. The zero-order valence-electron chi connectivity index (χ0n) is 11.7. The lowest BCUT2D eigenvalue weighted by molar-refractivity contribution is 0.251. The molecule has 0 aromatic carbocycles. The van der Waals surface area contributed by atoms with Gasteiger partial charge < -0.3 is 10.6 Å². The minimum atomic E-state index is -0.436. The highest BCUT2D eigenvalue weighted by Gasteiger charge is 2.07. The summed E-state index contributed by atoms with van der Waals surface area (Å²) in [5, 5.41) is 5.20. The van der Waals surface area contributed by atoms with Gasteiger partial charge in [0.2, 0.25) is 0 Å². The first-order valence-corrected chi connectivity index (χ1v) is 6.20. The molecule has 0 saturated heterocycles. The molecule has 21 heavy (non-hydrogen) atoms. The minimum absolute atomic E-state index is 0.0682. The van der Waals surface area contributed by atoms with Gasteiger partial charge in [-0.2, -0.15) is 0 Å². The summed E-state index contributed by atoms with van der Waals surface area (Å²) in [6, 6.07) is 4.17. The highest BCUT2D eigenvalue weighted by molar-refractivity contribution is 5.88. The van der Waals surface area contributed by atoms with E-state index in [-0.39, 0.29) is 6.54 Å². The first kappa shape index (κ1) is 14.5. The number of nitrogens with one attached hydrogen (secondary N) is 2. The van der Waals surface area contributed by atoms with Crippen molar-refractivity contribution in [3.63, 3.8) is 0 Å². The largest absolute Gasteiger partial charge is 0.332 e. The molecule has 0 radical (unpaired) electrons. The molecule has 0 spiro atoms. The number of anilines is 1. The van der Waals surface area contributed by atoms with Crippen LogP contribution in [-0.2, 0) is 20.6 Å². The van der Waals surface area contributed by atoms with Crippen LogP contribution < -0.4 is 21.9 Å². The summed E-state index contributed by atoms with van der Waals surface area (Å²) in [5.41, 5.74) is 0.173. The number of nitrogens with zero attached hydrogens (tertiary/aromatic N) is 3. The molecule has 2 N–H and O–H groups in total. The third-order valence-corrected chi connectivity index (χ3v) is 2.99. The van der Waals surface area contributed by atoms with Gasteiger partial charge in [-0.05, 0) is 12.1 Å². The van der Waals surface area contributed by atoms with Gasteiger partial charge in [-0.3, -0.25) is 18.9 Å². The Morgan fingerprint density at radius 3 is 2.52 bits per heavy atom. The SMILES string of the molecule is Cn1c(CNC(=O)Nc2ccncc2)cc(=O)n(C)c1=O. The van der Waals surface area contributed by atoms with Gasteiger partial charge in [0.1, 0.15) is 0 Å². The number of carbonyl (C=O) groups excluding carboxylic acids is 1. The maximum Gasteiger partial charge on any atom is 0.330 e. The highest BCUT2D eigenvalue weighted by Crippen LogP contribution is 2.02. The molecular weight excluding hydrogens is 274 g/mol. The maximum atomic E-state index is 11.7. The van der Waals surface area contributed by atoms with Crippen LogP contribution >= 0.6 is 0 Å². The maximum absolute atomic E-state index is 11.7. The van der Waals surface area contributed by atoms with E-state index < -0.39 is 17.3 Å². The number of carbonyl (C=O) groups is 1. The summed E-state index contributed by atoms with van der Waals surface area (Å²) in [7, 11) is 2.94. The molecule has 0 atom stereocenters. The first-order chi connectivity index (χ1) is 9.99. The van der Waals surface area contributed by atoms with Crippen molar-refractivity contribution in [3.8, 4) is 0 Å². The lowest BCUT2D eigenvalue weighted by Crippen LogP contribution is -2.40. The van der Waals surface area contributed by atoms with E-state index >= 15 is 0 Å². The van der Waals surface area contributed by atoms with Gasteiger partial charge in [-0.15, -0.1) is 0 Å². The topological polar surface area (TPSA) is 98.0 Å². The average molecular weight is 289 g/mol. The third-order valence-electron chi connectivity index (χ3n) is 2.99. The Hall–Kier alpha value is -2.90. The van der Waals surface area contributed by atoms with Crippen LogP contribution in [-0.4, -0.2) is 20.1 Å². The van der Waals surface area contributed by atoms with Crippen LogP contribution in [0, 0.1) is 0 Å². The molecule has 0 bridgehead atoms. The summed E-state index contributed by atoms with van der Waals surface area (Å²) >= 11 is 0. The summed E-state index contributed by atoms with van der Waals surface area (Å²) in [5.74, 6) is 0. The lowest BCUT2D eigenvalue weighted by atomic mass is 10.4. The lowest BCUT2D eigenvalue weighted by Gasteiger charge is -2.11. The monoisotopic (exact) mass is 289 g/mol. The number of amides is 2. The van der Waals surface area contributed by atoms with Crippen LogP contribution in [0.4, 0.5) is 10.5 Å². The predicted molar refractivity (Wildman–Crippen MR) is 77.0 cm³/mol. The van der Waals surface area contributed by atoms with Gasteiger partial charge in [-0.1, -0.05) is 0 Å². The normalized spacial score (nSPS) is 10.2. The summed E-state index contributed by atoms with van der Waals surface area (Å²) in [6.07, 6.45) is 3.11. The molecule has 0 aliphatic rings. The van der Waals surface area contributed by atoms with E-state index in [2.05, 4.69) is 15.6 Å². The van der Waals surface area contributed by atoms with E-state index in [1.165, 1.54) is 17.7 Å². The van der Waals surface area contributed by atoms with Gasteiger partial charge in [-0.25, -0.2) is 9.59 Å². The summed E-state index contributed by atoms with van der Waals surface area (Å²) < 4.78 is 2.31. The van der Waals surface area contributed by atoms with Crippen LogP contribution in [0.2, 0.25) is 0 Å².